The van der Waals surface area contributed by atoms with Crippen LogP contribution >= 0.6 is 11.8 Å². The van der Waals surface area contributed by atoms with Crippen molar-refractivity contribution >= 4 is 17.8 Å². The molecule has 5 nitrogen and oxygen atoms in total. The molecule has 2 heterocycles. The van der Waals surface area contributed by atoms with E-state index >= 15 is 0 Å². The number of urea groups is 1. The second-order valence-corrected chi connectivity index (χ2v) is 6.02. The molecular weight excluding hydrogens is 260 g/mol. The number of hydrogen-bond acceptors (Lipinski definition) is 3. The highest BCUT2D eigenvalue weighted by Crippen LogP contribution is 2.18. The zero-order valence-electron chi connectivity index (χ0n) is 11.6. The van der Waals surface area contributed by atoms with Crippen LogP contribution in [-0.2, 0) is 13.0 Å². The van der Waals surface area contributed by atoms with Crippen molar-refractivity contribution in [3.63, 3.8) is 0 Å². The van der Waals surface area contributed by atoms with Crippen LogP contribution in [0.1, 0.15) is 19.2 Å². The summed E-state index contributed by atoms with van der Waals surface area (Å²) in [6.45, 7) is 3.75. The van der Waals surface area contributed by atoms with Gasteiger partial charge in [-0.05, 0) is 25.5 Å². The van der Waals surface area contributed by atoms with E-state index in [1.54, 1.807) is 11.8 Å². The Morgan fingerprint density at radius 2 is 2.53 bits per heavy atom. The summed E-state index contributed by atoms with van der Waals surface area (Å²) in [7, 11) is 0. The molecule has 0 aliphatic carbocycles. The zero-order chi connectivity index (χ0) is 13.7. The molecule has 0 radical (unpaired) electrons. The lowest BCUT2D eigenvalue weighted by atomic mass is 9.98. The number of hydrogen-bond donors (Lipinski definition) is 2. The van der Waals surface area contributed by atoms with Crippen LogP contribution in [0.25, 0.3) is 0 Å². The number of aromatic nitrogens is 2. The molecule has 1 aliphatic rings. The molecule has 0 bridgehead atoms. The molecule has 1 aromatic heterocycles. The van der Waals surface area contributed by atoms with Crippen molar-refractivity contribution in [3.05, 3.63) is 18.2 Å². The molecule has 19 heavy (non-hydrogen) atoms. The largest absolute Gasteiger partial charge is 0.338 e. The molecule has 0 unspecified atom stereocenters. The molecule has 2 N–H and O–H groups in total. The molecule has 0 aromatic carbocycles. The van der Waals surface area contributed by atoms with E-state index in [1.807, 2.05) is 25.6 Å². The number of thioether (sulfide) groups is 1. The first-order chi connectivity index (χ1) is 9.19. The van der Waals surface area contributed by atoms with Gasteiger partial charge in [0, 0.05) is 43.7 Å². The average molecular weight is 282 g/mol. The van der Waals surface area contributed by atoms with E-state index < -0.39 is 0 Å². The predicted octanol–water partition coefficient (Wildman–Crippen LogP) is 1.50. The fraction of sp³-hybridized carbons (Fsp3) is 0.692. The van der Waals surface area contributed by atoms with Gasteiger partial charge in [0.2, 0.25) is 0 Å². The summed E-state index contributed by atoms with van der Waals surface area (Å²) in [5, 5.41) is 5.91. The third kappa shape index (κ3) is 4.16. The topological polar surface area (TPSA) is 59.0 Å². The molecule has 0 spiro atoms. The maximum atomic E-state index is 11.7. The van der Waals surface area contributed by atoms with Gasteiger partial charge in [0.15, 0.2) is 0 Å². The van der Waals surface area contributed by atoms with Gasteiger partial charge in [-0.3, -0.25) is 0 Å². The molecule has 1 aromatic rings. The van der Waals surface area contributed by atoms with Gasteiger partial charge in [0.1, 0.15) is 5.82 Å². The molecule has 2 atom stereocenters. The number of carbonyl (C=O) groups is 1. The van der Waals surface area contributed by atoms with Crippen molar-refractivity contribution in [3.8, 4) is 0 Å². The molecule has 106 valence electrons. The summed E-state index contributed by atoms with van der Waals surface area (Å²) in [6, 6.07) is 0.149. The summed E-state index contributed by atoms with van der Waals surface area (Å²) in [6.07, 6.45) is 7.97. The Hall–Kier alpha value is -1.17. The summed E-state index contributed by atoms with van der Waals surface area (Å²) in [5.41, 5.74) is 0. The number of fused-ring (bicyclic) bond motifs is 1. The fourth-order valence-electron chi connectivity index (χ4n) is 2.39. The molecule has 0 fully saturated rings. The fourth-order valence-corrected chi connectivity index (χ4v) is 2.98. The number of rotatable bonds is 5. The summed E-state index contributed by atoms with van der Waals surface area (Å²) >= 11 is 1.74. The van der Waals surface area contributed by atoms with Gasteiger partial charge in [-0.2, -0.15) is 11.8 Å². The van der Waals surface area contributed by atoms with Gasteiger partial charge in [0.25, 0.3) is 0 Å². The quantitative estimate of drug-likeness (QED) is 0.860. The van der Waals surface area contributed by atoms with Crippen molar-refractivity contribution in [1.82, 2.24) is 20.2 Å². The molecule has 1 aliphatic heterocycles. The lowest BCUT2D eigenvalue weighted by Crippen LogP contribution is -2.44. The van der Waals surface area contributed by atoms with Crippen molar-refractivity contribution < 1.29 is 4.79 Å². The van der Waals surface area contributed by atoms with E-state index in [4.69, 9.17) is 0 Å². The lowest BCUT2D eigenvalue weighted by molar-refractivity contribution is 0.235. The number of nitrogens with zero attached hydrogens (tertiary/aromatic N) is 2. The highest BCUT2D eigenvalue weighted by atomic mass is 32.2. The van der Waals surface area contributed by atoms with Crippen LogP contribution in [0.4, 0.5) is 4.79 Å². The van der Waals surface area contributed by atoms with Crippen LogP contribution in [0.3, 0.4) is 0 Å². The third-order valence-corrected chi connectivity index (χ3v) is 4.23. The Bertz CT molecular complexity index is 421. The minimum Gasteiger partial charge on any atom is -0.338 e. The van der Waals surface area contributed by atoms with Crippen LogP contribution in [0.15, 0.2) is 12.4 Å². The molecule has 0 saturated carbocycles. The number of aryl methyl sites for hydroxylation is 1. The molecular formula is C13H22N4OS. The van der Waals surface area contributed by atoms with Gasteiger partial charge in [-0.25, -0.2) is 9.78 Å². The normalized spacial score (nSPS) is 19.6. The average Bonchev–Trinajstić information content (AvgIpc) is 2.83. The van der Waals surface area contributed by atoms with Crippen LogP contribution in [0, 0.1) is 5.92 Å². The third-order valence-electron chi connectivity index (χ3n) is 3.40. The van der Waals surface area contributed by atoms with E-state index in [0.29, 0.717) is 5.92 Å². The van der Waals surface area contributed by atoms with Crippen molar-refractivity contribution in [2.75, 3.05) is 18.6 Å². The Morgan fingerprint density at radius 1 is 1.68 bits per heavy atom. The van der Waals surface area contributed by atoms with Crippen LogP contribution in [0.2, 0.25) is 0 Å². The molecule has 0 saturated heterocycles. The van der Waals surface area contributed by atoms with Crippen LogP contribution in [-0.4, -0.2) is 40.2 Å². The lowest BCUT2D eigenvalue weighted by Gasteiger charge is -2.24. The number of nitrogens with one attached hydrogen (secondary N) is 2. The number of imidazole rings is 1. The Morgan fingerprint density at radius 3 is 3.32 bits per heavy atom. The first kappa shape index (κ1) is 14.2. The maximum Gasteiger partial charge on any atom is 0.315 e. The summed E-state index contributed by atoms with van der Waals surface area (Å²) in [4.78, 5) is 16.1. The molecule has 2 amide bonds. The zero-order valence-corrected chi connectivity index (χ0v) is 12.4. The van der Waals surface area contributed by atoms with Crippen molar-refractivity contribution in [2.45, 2.75) is 32.4 Å². The number of amides is 2. The Labute approximate surface area is 118 Å². The van der Waals surface area contributed by atoms with E-state index in [9.17, 15) is 4.79 Å². The first-order valence-corrected chi connectivity index (χ1v) is 8.11. The number of carbonyl (C=O) groups excluding carboxylic acids is 1. The summed E-state index contributed by atoms with van der Waals surface area (Å²) < 4.78 is 2.19. The van der Waals surface area contributed by atoms with Crippen LogP contribution < -0.4 is 10.6 Å². The van der Waals surface area contributed by atoms with E-state index in [0.717, 1.165) is 37.5 Å². The monoisotopic (exact) mass is 282 g/mol. The minimum atomic E-state index is -0.0598. The smallest absolute Gasteiger partial charge is 0.315 e. The van der Waals surface area contributed by atoms with Crippen LogP contribution in [0.5, 0.6) is 0 Å². The van der Waals surface area contributed by atoms with Gasteiger partial charge in [0.05, 0.1) is 0 Å². The highest BCUT2D eigenvalue weighted by Gasteiger charge is 2.19. The second-order valence-electron chi connectivity index (χ2n) is 5.11. The van der Waals surface area contributed by atoms with Crippen molar-refractivity contribution in [2.24, 2.45) is 5.92 Å². The van der Waals surface area contributed by atoms with E-state index in [1.165, 1.54) is 0 Å². The standard InChI is InChI=1S/C13H22N4OS/c1-10(9-19-2)16-13(18)15-8-11-3-5-17-6-4-14-12(17)7-11/h4,6,10-11H,3,5,7-9H2,1-2H3,(H2,15,16,18)/t10-,11-/m1/s1. The first-order valence-electron chi connectivity index (χ1n) is 6.72. The SMILES string of the molecule is CSC[C@@H](C)NC(=O)NC[C@@H]1CCn2ccnc2C1. The Kier molecular flexibility index (Phi) is 5.13. The van der Waals surface area contributed by atoms with Crippen molar-refractivity contribution in [1.29, 1.82) is 0 Å². The van der Waals surface area contributed by atoms with Gasteiger partial charge in [-0.15, -0.1) is 0 Å². The second kappa shape index (κ2) is 6.84. The highest BCUT2D eigenvalue weighted by molar-refractivity contribution is 7.98. The van der Waals surface area contributed by atoms with E-state index in [-0.39, 0.29) is 12.1 Å². The van der Waals surface area contributed by atoms with E-state index in [2.05, 4.69) is 20.2 Å². The molecule has 6 heteroatoms. The van der Waals surface area contributed by atoms with Gasteiger partial charge < -0.3 is 15.2 Å². The Balaban J connectivity index is 1.70. The van der Waals surface area contributed by atoms with Gasteiger partial charge >= 0.3 is 6.03 Å². The minimum absolute atomic E-state index is 0.0598. The predicted molar refractivity (Wildman–Crippen MR) is 78.4 cm³/mol. The summed E-state index contributed by atoms with van der Waals surface area (Å²) in [5.74, 6) is 2.57. The maximum absolute atomic E-state index is 11.7. The molecule has 2 rings (SSSR count). The van der Waals surface area contributed by atoms with Gasteiger partial charge in [-0.1, -0.05) is 0 Å².